The molecule has 1 fully saturated rings. The predicted molar refractivity (Wildman–Crippen MR) is 84.5 cm³/mol. The van der Waals surface area contributed by atoms with Crippen LogP contribution in [0.5, 0.6) is 0 Å². The monoisotopic (exact) mass is 326 g/mol. The third-order valence-electron chi connectivity index (χ3n) is 4.21. The van der Waals surface area contributed by atoms with Gasteiger partial charge in [-0.2, -0.15) is 4.99 Å². The first-order valence-electron chi connectivity index (χ1n) is 7.59. The van der Waals surface area contributed by atoms with Crippen LogP contribution in [0.3, 0.4) is 0 Å². The highest BCUT2D eigenvalue weighted by atomic mass is 31.0. The van der Waals surface area contributed by atoms with Gasteiger partial charge in [-0.3, -0.25) is 0 Å². The van der Waals surface area contributed by atoms with E-state index in [0.717, 1.165) is 24.3 Å². The van der Waals surface area contributed by atoms with Crippen LogP contribution in [0.2, 0.25) is 0 Å². The molecule has 3 rings (SSSR count). The van der Waals surface area contributed by atoms with E-state index in [9.17, 15) is 9.18 Å². The summed E-state index contributed by atoms with van der Waals surface area (Å²) < 4.78 is 24.0. The van der Waals surface area contributed by atoms with Crippen molar-refractivity contribution < 1.29 is 18.7 Å². The number of fused-ring (bicyclic) bond motifs is 1. The first kappa shape index (κ1) is 15.6. The molecule has 0 bridgehead atoms. The van der Waals surface area contributed by atoms with E-state index in [0.29, 0.717) is 5.90 Å². The molecule has 0 radical (unpaired) electrons. The first-order chi connectivity index (χ1) is 10.6. The highest BCUT2D eigenvalue weighted by Crippen LogP contribution is 2.37. The van der Waals surface area contributed by atoms with E-state index >= 15 is 0 Å². The number of amidine groups is 1. The van der Waals surface area contributed by atoms with E-state index in [2.05, 4.69) is 9.98 Å². The maximum absolute atomic E-state index is 13.5. The molecule has 4 unspecified atom stereocenters. The zero-order chi connectivity index (χ0) is 15.7. The number of nitrogens with zero attached hydrogens (tertiary/aromatic N) is 2. The molecular weight excluding hydrogens is 306 g/mol. The fourth-order valence-corrected chi connectivity index (χ4v) is 3.06. The highest BCUT2D eigenvalue weighted by Gasteiger charge is 2.40. The molecule has 2 heterocycles. The van der Waals surface area contributed by atoms with Crippen molar-refractivity contribution in [1.82, 2.24) is 0 Å². The lowest BCUT2D eigenvalue weighted by atomic mass is 9.89. The maximum Gasteiger partial charge on any atom is 0.332 e. The van der Waals surface area contributed by atoms with Crippen LogP contribution in [-0.2, 0) is 14.3 Å². The smallest absolute Gasteiger partial charge is 0.332 e. The fourth-order valence-electron chi connectivity index (χ4n) is 2.90. The lowest BCUT2D eigenvalue weighted by Crippen LogP contribution is -2.41. The molecule has 0 aromatic heterocycles. The van der Waals surface area contributed by atoms with Crippen molar-refractivity contribution >= 4 is 26.9 Å². The number of halogens is 1. The van der Waals surface area contributed by atoms with Gasteiger partial charge in [-0.1, -0.05) is 28.5 Å². The largest absolute Gasteiger partial charge is 0.483 e. The molecule has 0 saturated heterocycles. The van der Waals surface area contributed by atoms with Crippen LogP contribution in [0, 0.1) is 11.8 Å². The highest BCUT2D eigenvalue weighted by molar-refractivity contribution is 7.19. The van der Waals surface area contributed by atoms with Gasteiger partial charge in [0.25, 0.3) is 0 Å². The van der Waals surface area contributed by atoms with E-state index in [1.807, 2.05) is 9.24 Å². The van der Waals surface area contributed by atoms with Gasteiger partial charge in [-0.25, -0.2) is 14.2 Å². The topological polar surface area (TPSA) is 60.3 Å². The summed E-state index contributed by atoms with van der Waals surface area (Å²) >= 11 is 0. The molecule has 0 aromatic carbocycles. The van der Waals surface area contributed by atoms with Gasteiger partial charge in [-0.05, 0) is 24.3 Å². The number of ether oxygens (including phenoxy) is 2. The van der Waals surface area contributed by atoms with Crippen molar-refractivity contribution in [1.29, 1.82) is 0 Å². The predicted octanol–water partition coefficient (Wildman–Crippen LogP) is 2.62. The molecule has 120 valence electrons. The molecule has 22 heavy (non-hydrogen) atoms. The minimum atomic E-state index is -1.41. The summed E-state index contributed by atoms with van der Waals surface area (Å²) in [5, 5.41) is 0. The number of hydrogen-bond donors (Lipinski definition) is 0. The number of aliphatic imine (C=N–C) groups is 2. The number of carbonyl (C=O) groups is 1. The molecule has 5 nitrogen and oxygen atoms in total. The minimum Gasteiger partial charge on any atom is -0.483 e. The molecule has 1 aliphatic carbocycles. The molecule has 0 aromatic rings. The third-order valence-corrected chi connectivity index (χ3v) is 4.50. The van der Waals surface area contributed by atoms with Crippen LogP contribution in [0.15, 0.2) is 21.6 Å². The minimum absolute atomic E-state index is 0.0184. The zero-order valence-electron chi connectivity index (χ0n) is 12.5. The van der Waals surface area contributed by atoms with Crippen molar-refractivity contribution in [3.8, 4) is 0 Å². The summed E-state index contributed by atoms with van der Waals surface area (Å²) in [6, 6.07) is 0. The second-order valence-corrected chi connectivity index (χ2v) is 6.49. The van der Waals surface area contributed by atoms with Crippen LogP contribution in [0.25, 0.3) is 0 Å². The van der Waals surface area contributed by atoms with Crippen molar-refractivity contribution in [2.45, 2.75) is 44.2 Å². The van der Waals surface area contributed by atoms with E-state index in [1.165, 1.54) is 32.4 Å². The Morgan fingerprint density at radius 2 is 2.32 bits per heavy atom. The number of rotatable bonds is 5. The Balaban J connectivity index is 1.79. The molecule has 2 aliphatic heterocycles. The zero-order valence-corrected chi connectivity index (χ0v) is 13.7. The third kappa shape index (κ3) is 3.37. The van der Waals surface area contributed by atoms with Crippen LogP contribution in [-0.4, -0.2) is 37.0 Å². The van der Waals surface area contributed by atoms with Gasteiger partial charge in [0.1, 0.15) is 5.92 Å². The van der Waals surface area contributed by atoms with Gasteiger partial charge in [0, 0.05) is 6.08 Å². The molecular formula is C15H20FN2O3P. The van der Waals surface area contributed by atoms with Crippen molar-refractivity contribution in [2.24, 2.45) is 21.8 Å². The lowest BCUT2D eigenvalue weighted by molar-refractivity contribution is -0.145. The molecule has 0 N–H and O–H groups in total. The molecule has 1 saturated carbocycles. The van der Waals surface area contributed by atoms with E-state index < -0.39 is 18.1 Å². The van der Waals surface area contributed by atoms with Crippen LogP contribution < -0.4 is 0 Å². The van der Waals surface area contributed by atoms with Gasteiger partial charge in [0.05, 0.1) is 7.11 Å². The SMILES string of the molecule is COC1=NC(C(F)P)=NC2OC(=O)C=C(CCCC3CC3)C12. The Bertz CT molecular complexity index is 555. The average Bonchev–Trinajstić information content (AvgIpc) is 3.29. The number of alkyl halides is 1. The van der Waals surface area contributed by atoms with Gasteiger partial charge in [0.2, 0.25) is 12.1 Å². The van der Waals surface area contributed by atoms with E-state index in [4.69, 9.17) is 9.47 Å². The Labute approximate surface area is 131 Å². The summed E-state index contributed by atoms with van der Waals surface area (Å²) in [7, 11) is 3.49. The van der Waals surface area contributed by atoms with E-state index in [-0.39, 0.29) is 11.8 Å². The molecule has 0 spiro atoms. The Morgan fingerprint density at radius 1 is 1.55 bits per heavy atom. The summed E-state index contributed by atoms with van der Waals surface area (Å²) in [4.78, 5) is 20.0. The molecule has 4 atom stereocenters. The Morgan fingerprint density at radius 3 is 2.95 bits per heavy atom. The lowest BCUT2D eigenvalue weighted by Gasteiger charge is -2.32. The number of methoxy groups -OCH3 is 1. The van der Waals surface area contributed by atoms with Gasteiger partial charge in [0.15, 0.2) is 11.7 Å². The van der Waals surface area contributed by atoms with Crippen molar-refractivity contribution in [3.63, 3.8) is 0 Å². The van der Waals surface area contributed by atoms with E-state index in [1.54, 1.807) is 0 Å². The number of hydrogen-bond acceptors (Lipinski definition) is 5. The number of esters is 1. The van der Waals surface area contributed by atoms with Gasteiger partial charge >= 0.3 is 5.97 Å². The maximum atomic E-state index is 13.5. The quantitative estimate of drug-likeness (QED) is 0.576. The van der Waals surface area contributed by atoms with Gasteiger partial charge in [-0.15, -0.1) is 0 Å². The fraction of sp³-hybridized carbons (Fsp3) is 0.667. The summed E-state index contributed by atoms with van der Waals surface area (Å²) in [6.45, 7) is 0. The van der Waals surface area contributed by atoms with Crippen LogP contribution in [0.4, 0.5) is 4.39 Å². The second kappa shape index (κ2) is 6.45. The molecule has 0 amide bonds. The summed E-state index contributed by atoms with van der Waals surface area (Å²) in [5.74, 6) is -0.964. The van der Waals surface area contributed by atoms with Crippen LogP contribution >= 0.6 is 9.24 Å². The van der Waals surface area contributed by atoms with Crippen molar-refractivity contribution in [3.05, 3.63) is 11.6 Å². The molecule has 3 aliphatic rings. The van der Waals surface area contributed by atoms with Crippen LogP contribution in [0.1, 0.15) is 32.1 Å². The van der Waals surface area contributed by atoms with Gasteiger partial charge < -0.3 is 9.47 Å². The Hall–Kier alpha value is -1.29. The summed E-state index contributed by atoms with van der Waals surface area (Å²) in [6.07, 6.45) is 6.37. The average molecular weight is 326 g/mol. The standard InChI is InChI=1S/C15H20FN2O3P/c1-20-14-11-9(4-2-3-8-5-6-8)7-10(19)21-15(11)18-13(17-14)12(16)22/h7-8,11-12,15H,2-6,22H2,1H3. The molecule has 7 heteroatoms. The number of carbonyl (C=O) groups excluding carboxylic acids is 1. The second-order valence-electron chi connectivity index (χ2n) is 5.90. The Kier molecular flexibility index (Phi) is 4.57. The normalized spacial score (nSPS) is 28.9. The summed E-state index contributed by atoms with van der Waals surface area (Å²) in [5.41, 5.74) is 0.921. The first-order valence-corrected chi connectivity index (χ1v) is 8.26. The van der Waals surface area contributed by atoms with Crippen molar-refractivity contribution in [2.75, 3.05) is 7.11 Å².